The molecule has 1 aromatic carbocycles. The average molecular weight is 362 g/mol. The summed E-state index contributed by atoms with van der Waals surface area (Å²) in [7, 11) is 1.66. The monoisotopic (exact) mass is 362 g/mol. The van der Waals surface area contributed by atoms with Crippen molar-refractivity contribution in [2.24, 2.45) is 0 Å². The van der Waals surface area contributed by atoms with Crippen molar-refractivity contribution in [3.63, 3.8) is 0 Å². The average Bonchev–Trinajstić information content (AvgIpc) is 3.11. The van der Waals surface area contributed by atoms with E-state index < -0.39 is 0 Å². The summed E-state index contributed by atoms with van der Waals surface area (Å²) >= 11 is 0. The molecule has 0 aliphatic carbocycles. The lowest BCUT2D eigenvalue weighted by Gasteiger charge is -2.38. The zero-order valence-electron chi connectivity index (χ0n) is 15.5. The van der Waals surface area contributed by atoms with Gasteiger partial charge in [0.15, 0.2) is 5.82 Å². The SMILES string of the molecule is CCCN1CCN(C(c2ccc(F)cc2)c2nnnn2CCOC)CC1. The van der Waals surface area contributed by atoms with E-state index in [1.165, 1.54) is 12.1 Å². The van der Waals surface area contributed by atoms with Crippen LogP contribution < -0.4 is 0 Å². The van der Waals surface area contributed by atoms with E-state index in [2.05, 4.69) is 32.2 Å². The van der Waals surface area contributed by atoms with Gasteiger partial charge in [-0.05, 0) is 41.1 Å². The normalized spacial score (nSPS) is 17.5. The van der Waals surface area contributed by atoms with Crippen LogP contribution in [0.5, 0.6) is 0 Å². The Morgan fingerprint density at radius 2 is 1.85 bits per heavy atom. The molecular weight excluding hydrogens is 335 g/mol. The van der Waals surface area contributed by atoms with Crippen molar-refractivity contribution in [1.29, 1.82) is 0 Å². The van der Waals surface area contributed by atoms with Crippen LogP contribution in [0, 0.1) is 5.82 Å². The van der Waals surface area contributed by atoms with Gasteiger partial charge in [-0.2, -0.15) is 0 Å². The van der Waals surface area contributed by atoms with Gasteiger partial charge < -0.3 is 9.64 Å². The van der Waals surface area contributed by atoms with Crippen LogP contribution in [0.4, 0.5) is 4.39 Å². The molecule has 1 saturated heterocycles. The number of hydrogen-bond donors (Lipinski definition) is 0. The molecule has 1 fully saturated rings. The Hall–Kier alpha value is -1.90. The Labute approximate surface area is 153 Å². The van der Waals surface area contributed by atoms with Crippen LogP contribution in [0.25, 0.3) is 0 Å². The van der Waals surface area contributed by atoms with Gasteiger partial charge >= 0.3 is 0 Å². The minimum atomic E-state index is -0.237. The standard InChI is InChI=1S/C18H27FN6O/c1-3-8-23-9-11-24(12-10-23)17(15-4-6-16(19)7-5-15)18-20-21-22-25(18)13-14-26-2/h4-7,17H,3,8-14H2,1-2H3. The maximum atomic E-state index is 13.4. The van der Waals surface area contributed by atoms with Gasteiger partial charge in [0.25, 0.3) is 0 Å². The van der Waals surface area contributed by atoms with Crippen molar-refractivity contribution in [2.75, 3.05) is 46.4 Å². The second-order valence-corrected chi connectivity index (χ2v) is 6.58. The highest BCUT2D eigenvalue weighted by Crippen LogP contribution is 2.28. The number of aromatic nitrogens is 4. The summed E-state index contributed by atoms with van der Waals surface area (Å²) in [5.41, 5.74) is 1.00. The molecule has 2 heterocycles. The molecule has 2 aromatic rings. The van der Waals surface area contributed by atoms with E-state index in [0.717, 1.165) is 50.5 Å². The molecule has 0 amide bonds. The molecule has 7 nitrogen and oxygen atoms in total. The number of piperazine rings is 1. The maximum absolute atomic E-state index is 13.4. The molecule has 26 heavy (non-hydrogen) atoms. The van der Waals surface area contributed by atoms with Crippen LogP contribution >= 0.6 is 0 Å². The van der Waals surface area contributed by atoms with Crippen LogP contribution in [0.2, 0.25) is 0 Å². The Balaban J connectivity index is 1.86. The fourth-order valence-electron chi connectivity index (χ4n) is 3.47. The van der Waals surface area contributed by atoms with Crippen molar-refractivity contribution in [3.05, 3.63) is 41.5 Å². The van der Waals surface area contributed by atoms with Gasteiger partial charge in [0.2, 0.25) is 0 Å². The second-order valence-electron chi connectivity index (χ2n) is 6.58. The fourth-order valence-corrected chi connectivity index (χ4v) is 3.47. The van der Waals surface area contributed by atoms with Crippen molar-refractivity contribution in [2.45, 2.75) is 25.9 Å². The van der Waals surface area contributed by atoms with E-state index in [1.54, 1.807) is 11.8 Å². The van der Waals surface area contributed by atoms with Crippen LogP contribution in [0.15, 0.2) is 24.3 Å². The van der Waals surface area contributed by atoms with Crippen LogP contribution in [-0.2, 0) is 11.3 Å². The quantitative estimate of drug-likeness (QED) is 0.711. The van der Waals surface area contributed by atoms with Gasteiger partial charge in [0.1, 0.15) is 5.82 Å². The van der Waals surface area contributed by atoms with Gasteiger partial charge in [-0.3, -0.25) is 4.90 Å². The summed E-state index contributed by atoms with van der Waals surface area (Å²) in [5, 5.41) is 12.3. The number of methoxy groups -OCH3 is 1. The third-order valence-corrected chi connectivity index (χ3v) is 4.81. The van der Waals surface area contributed by atoms with Gasteiger partial charge in [0.05, 0.1) is 19.2 Å². The smallest absolute Gasteiger partial charge is 0.173 e. The Morgan fingerprint density at radius 3 is 2.50 bits per heavy atom. The zero-order chi connectivity index (χ0) is 18.4. The minimum absolute atomic E-state index is 0.0915. The lowest BCUT2D eigenvalue weighted by atomic mass is 10.0. The Morgan fingerprint density at radius 1 is 1.12 bits per heavy atom. The van der Waals surface area contributed by atoms with Gasteiger partial charge in [0, 0.05) is 33.3 Å². The fraction of sp³-hybridized carbons (Fsp3) is 0.611. The Bertz CT molecular complexity index is 669. The highest BCUT2D eigenvalue weighted by molar-refractivity contribution is 5.25. The molecule has 1 atom stereocenters. The topological polar surface area (TPSA) is 59.3 Å². The summed E-state index contributed by atoms with van der Waals surface area (Å²) in [5.74, 6) is 0.539. The van der Waals surface area contributed by atoms with Crippen LogP contribution in [0.1, 0.15) is 30.8 Å². The molecule has 0 N–H and O–H groups in total. The third-order valence-electron chi connectivity index (χ3n) is 4.81. The van der Waals surface area contributed by atoms with Gasteiger partial charge in [-0.15, -0.1) is 5.10 Å². The number of halogens is 1. The van der Waals surface area contributed by atoms with E-state index in [0.29, 0.717) is 13.2 Å². The number of ether oxygens (including phenoxy) is 1. The molecule has 1 unspecified atom stereocenters. The molecule has 3 rings (SSSR count). The van der Waals surface area contributed by atoms with Crippen LogP contribution in [-0.4, -0.2) is 76.4 Å². The molecule has 1 aliphatic rings. The van der Waals surface area contributed by atoms with Gasteiger partial charge in [-0.25, -0.2) is 9.07 Å². The Kier molecular flexibility index (Phi) is 6.65. The van der Waals surface area contributed by atoms with E-state index in [9.17, 15) is 4.39 Å². The van der Waals surface area contributed by atoms with Crippen LogP contribution in [0.3, 0.4) is 0 Å². The maximum Gasteiger partial charge on any atom is 0.173 e. The van der Waals surface area contributed by atoms with Crippen molar-refractivity contribution < 1.29 is 9.13 Å². The first-order valence-electron chi connectivity index (χ1n) is 9.19. The molecule has 0 saturated carbocycles. The third kappa shape index (κ3) is 4.44. The molecule has 0 bridgehead atoms. The summed E-state index contributed by atoms with van der Waals surface area (Å²) < 4.78 is 20.4. The summed E-state index contributed by atoms with van der Waals surface area (Å²) in [6.07, 6.45) is 1.16. The van der Waals surface area contributed by atoms with E-state index >= 15 is 0 Å². The predicted molar refractivity (Wildman–Crippen MR) is 96.2 cm³/mol. The lowest BCUT2D eigenvalue weighted by molar-refractivity contribution is 0.103. The highest BCUT2D eigenvalue weighted by atomic mass is 19.1. The number of benzene rings is 1. The number of hydrogen-bond acceptors (Lipinski definition) is 6. The van der Waals surface area contributed by atoms with E-state index in [-0.39, 0.29) is 11.9 Å². The molecule has 1 aliphatic heterocycles. The van der Waals surface area contributed by atoms with E-state index in [1.807, 2.05) is 12.1 Å². The molecule has 1 aromatic heterocycles. The molecule has 0 spiro atoms. The summed E-state index contributed by atoms with van der Waals surface area (Å²) in [4.78, 5) is 4.86. The molecule has 8 heteroatoms. The summed E-state index contributed by atoms with van der Waals surface area (Å²) in [6, 6.07) is 6.56. The summed E-state index contributed by atoms with van der Waals surface area (Å²) in [6.45, 7) is 8.36. The van der Waals surface area contributed by atoms with Crippen molar-refractivity contribution >= 4 is 0 Å². The highest BCUT2D eigenvalue weighted by Gasteiger charge is 2.30. The molecular formula is C18H27FN6O. The second kappa shape index (κ2) is 9.16. The number of rotatable bonds is 8. The lowest BCUT2D eigenvalue weighted by Crippen LogP contribution is -2.48. The largest absolute Gasteiger partial charge is 0.383 e. The predicted octanol–water partition coefficient (Wildman–Crippen LogP) is 1.58. The molecule has 142 valence electrons. The molecule has 0 radical (unpaired) electrons. The first-order valence-corrected chi connectivity index (χ1v) is 9.19. The van der Waals surface area contributed by atoms with Crippen molar-refractivity contribution in [3.8, 4) is 0 Å². The van der Waals surface area contributed by atoms with E-state index in [4.69, 9.17) is 4.74 Å². The number of tetrazole rings is 1. The van der Waals surface area contributed by atoms with Crippen molar-refractivity contribution in [1.82, 2.24) is 30.0 Å². The zero-order valence-corrected chi connectivity index (χ0v) is 15.5. The first kappa shape index (κ1) is 18.9. The first-order chi connectivity index (χ1) is 12.7. The minimum Gasteiger partial charge on any atom is -0.383 e. The van der Waals surface area contributed by atoms with Gasteiger partial charge in [-0.1, -0.05) is 19.1 Å². The number of nitrogens with zero attached hydrogens (tertiary/aromatic N) is 6.